The van der Waals surface area contributed by atoms with Gasteiger partial charge in [-0.3, -0.25) is 4.79 Å². The number of hydrogen-bond donors (Lipinski definition) is 1. The van der Waals surface area contributed by atoms with E-state index < -0.39 is 18.5 Å². The average Bonchev–Trinajstić information content (AvgIpc) is 2.70. The molecule has 1 N–H and O–H groups in total. The molecule has 2 rings (SSSR count). The SMILES string of the molecule is C=CCOc1ccc(/C=C/C(=O)OCC(=O)N[C@H](C)c2ccc(F)cc2)cc1. The Morgan fingerprint density at radius 3 is 2.46 bits per heavy atom. The molecule has 0 aliphatic rings. The highest BCUT2D eigenvalue weighted by Crippen LogP contribution is 2.14. The van der Waals surface area contributed by atoms with Crippen LogP contribution in [0.2, 0.25) is 0 Å². The first-order valence-electron chi connectivity index (χ1n) is 8.71. The van der Waals surface area contributed by atoms with Crippen molar-refractivity contribution in [3.63, 3.8) is 0 Å². The second-order valence-corrected chi connectivity index (χ2v) is 5.95. The van der Waals surface area contributed by atoms with Gasteiger partial charge < -0.3 is 14.8 Å². The number of esters is 1. The van der Waals surface area contributed by atoms with Crippen LogP contribution in [-0.4, -0.2) is 25.1 Å². The zero-order valence-corrected chi connectivity index (χ0v) is 15.6. The van der Waals surface area contributed by atoms with Gasteiger partial charge in [-0.15, -0.1) is 0 Å². The molecular formula is C22H22FNO4. The van der Waals surface area contributed by atoms with E-state index in [1.54, 1.807) is 55.5 Å². The third kappa shape index (κ3) is 7.07. The van der Waals surface area contributed by atoms with Crippen molar-refractivity contribution >= 4 is 18.0 Å². The Kier molecular flexibility index (Phi) is 7.96. The molecule has 1 amide bonds. The van der Waals surface area contributed by atoms with Crippen molar-refractivity contribution in [3.05, 3.63) is 84.2 Å². The molecule has 0 aliphatic heterocycles. The van der Waals surface area contributed by atoms with Crippen LogP contribution in [-0.2, 0) is 14.3 Å². The zero-order valence-electron chi connectivity index (χ0n) is 15.6. The van der Waals surface area contributed by atoms with Crippen LogP contribution in [0, 0.1) is 5.82 Å². The molecule has 0 saturated heterocycles. The predicted molar refractivity (Wildman–Crippen MR) is 105 cm³/mol. The highest BCUT2D eigenvalue weighted by Gasteiger charge is 2.11. The lowest BCUT2D eigenvalue weighted by atomic mass is 10.1. The normalized spacial score (nSPS) is 11.6. The smallest absolute Gasteiger partial charge is 0.331 e. The molecule has 0 aromatic heterocycles. The van der Waals surface area contributed by atoms with Gasteiger partial charge in [0.2, 0.25) is 0 Å². The fourth-order valence-corrected chi connectivity index (χ4v) is 2.30. The van der Waals surface area contributed by atoms with E-state index in [1.165, 1.54) is 18.2 Å². The summed E-state index contributed by atoms with van der Waals surface area (Å²) in [5.41, 5.74) is 1.54. The van der Waals surface area contributed by atoms with E-state index in [1.807, 2.05) is 0 Å². The van der Waals surface area contributed by atoms with E-state index in [-0.39, 0.29) is 11.9 Å². The van der Waals surface area contributed by atoms with Crippen LogP contribution in [0.4, 0.5) is 4.39 Å². The van der Waals surface area contributed by atoms with Crippen LogP contribution in [0.5, 0.6) is 5.75 Å². The molecule has 0 unspecified atom stereocenters. The summed E-state index contributed by atoms with van der Waals surface area (Å²) in [4.78, 5) is 23.6. The molecule has 2 aromatic carbocycles. The summed E-state index contributed by atoms with van der Waals surface area (Å²) < 4.78 is 23.2. The van der Waals surface area contributed by atoms with Crippen LogP contribution >= 0.6 is 0 Å². The lowest BCUT2D eigenvalue weighted by molar-refractivity contribution is -0.144. The maximum absolute atomic E-state index is 12.9. The topological polar surface area (TPSA) is 64.6 Å². The van der Waals surface area contributed by atoms with Gasteiger partial charge in [-0.2, -0.15) is 0 Å². The van der Waals surface area contributed by atoms with Gasteiger partial charge in [-0.05, 0) is 48.4 Å². The molecule has 0 heterocycles. The number of carbonyl (C=O) groups excluding carboxylic acids is 2. The van der Waals surface area contributed by atoms with Gasteiger partial charge in [0.1, 0.15) is 18.2 Å². The summed E-state index contributed by atoms with van der Waals surface area (Å²) in [6.07, 6.45) is 4.48. The summed E-state index contributed by atoms with van der Waals surface area (Å²) in [5.74, 6) is -0.715. The minimum absolute atomic E-state index is 0.329. The molecule has 0 saturated carbocycles. The first-order valence-corrected chi connectivity index (χ1v) is 8.71. The van der Waals surface area contributed by atoms with Gasteiger partial charge in [0.15, 0.2) is 6.61 Å². The standard InChI is InChI=1S/C22H22FNO4/c1-3-14-27-20-11-4-17(5-12-20)6-13-22(26)28-15-21(25)24-16(2)18-7-9-19(23)10-8-18/h3-13,16H,1,14-15H2,2H3,(H,24,25)/b13-6+/t16-/m1/s1. The van der Waals surface area contributed by atoms with E-state index >= 15 is 0 Å². The molecular weight excluding hydrogens is 361 g/mol. The van der Waals surface area contributed by atoms with Gasteiger partial charge in [0.25, 0.3) is 5.91 Å². The van der Waals surface area contributed by atoms with E-state index in [2.05, 4.69) is 11.9 Å². The summed E-state index contributed by atoms with van der Waals surface area (Å²) in [7, 11) is 0. The highest BCUT2D eigenvalue weighted by molar-refractivity contribution is 5.89. The van der Waals surface area contributed by atoms with Gasteiger partial charge >= 0.3 is 5.97 Å². The van der Waals surface area contributed by atoms with Gasteiger partial charge in [0.05, 0.1) is 6.04 Å². The fourth-order valence-electron chi connectivity index (χ4n) is 2.30. The van der Waals surface area contributed by atoms with E-state index in [4.69, 9.17) is 9.47 Å². The molecule has 6 heteroatoms. The number of carbonyl (C=O) groups is 2. The molecule has 146 valence electrons. The molecule has 0 fully saturated rings. The lowest BCUT2D eigenvalue weighted by Crippen LogP contribution is -2.30. The summed E-state index contributed by atoms with van der Waals surface area (Å²) in [6.45, 7) is 5.36. The van der Waals surface area contributed by atoms with Crippen molar-refractivity contribution < 1.29 is 23.5 Å². The summed E-state index contributed by atoms with van der Waals surface area (Å²) in [5, 5.41) is 2.68. The largest absolute Gasteiger partial charge is 0.490 e. The Hall–Kier alpha value is -3.41. The van der Waals surface area contributed by atoms with Crippen molar-refractivity contribution in [1.82, 2.24) is 5.32 Å². The number of ether oxygens (including phenoxy) is 2. The molecule has 2 aromatic rings. The molecule has 1 atom stereocenters. The molecule has 0 bridgehead atoms. The van der Waals surface area contributed by atoms with E-state index in [0.717, 1.165) is 11.1 Å². The Morgan fingerprint density at radius 1 is 1.14 bits per heavy atom. The van der Waals surface area contributed by atoms with Crippen molar-refractivity contribution in [3.8, 4) is 5.75 Å². The summed E-state index contributed by atoms with van der Waals surface area (Å²) in [6, 6.07) is 12.6. The van der Waals surface area contributed by atoms with E-state index in [9.17, 15) is 14.0 Å². The second kappa shape index (κ2) is 10.7. The number of rotatable bonds is 9. The Morgan fingerprint density at radius 2 is 1.82 bits per heavy atom. The predicted octanol–water partition coefficient (Wildman–Crippen LogP) is 3.82. The minimum atomic E-state index is -0.628. The molecule has 0 spiro atoms. The van der Waals surface area contributed by atoms with Crippen LogP contribution in [0.3, 0.4) is 0 Å². The van der Waals surface area contributed by atoms with Crippen molar-refractivity contribution in [2.24, 2.45) is 0 Å². The minimum Gasteiger partial charge on any atom is -0.490 e. The second-order valence-electron chi connectivity index (χ2n) is 5.95. The number of amides is 1. The molecule has 0 aliphatic carbocycles. The fraction of sp³-hybridized carbons (Fsp3) is 0.182. The first-order chi connectivity index (χ1) is 13.5. The Balaban J connectivity index is 1.76. The van der Waals surface area contributed by atoms with Gasteiger partial charge in [0, 0.05) is 6.08 Å². The monoisotopic (exact) mass is 383 g/mol. The van der Waals surface area contributed by atoms with Crippen LogP contribution in [0.25, 0.3) is 6.08 Å². The third-order valence-electron chi connectivity index (χ3n) is 3.75. The number of nitrogens with one attached hydrogen (secondary N) is 1. The van der Waals surface area contributed by atoms with Crippen LogP contribution < -0.4 is 10.1 Å². The Bertz CT molecular complexity index is 829. The van der Waals surface area contributed by atoms with Crippen LogP contribution in [0.1, 0.15) is 24.1 Å². The third-order valence-corrected chi connectivity index (χ3v) is 3.75. The van der Waals surface area contributed by atoms with E-state index in [0.29, 0.717) is 12.4 Å². The maximum atomic E-state index is 12.9. The Labute approximate surface area is 163 Å². The first kappa shape index (κ1) is 20.9. The maximum Gasteiger partial charge on any atom is 0.331 e. The number of hydrogen-bond acceptors (Lipinski definition) is 4. The van der Waals surface area contributed by atoms with Gasteiger partial charge in [-0.25, -0.2) is 9.18 Å². The molecule has 0 radical (unpaired) electrons. The van der Waals surface area contributed by atoms with Crippen molar-refractivity contribution in [2.45, 2.75) is 13.0 Å². The van der Waals surface area contributed by atoms with Crippen molar-refractivity contribution in [1.29, 1.82) is 0 Å². The summed E-state index contributed by atoms with van der Waals surface area (Å²) >= 11 is 0. The van der Waals surface area contributed by atoms with Crippen molar-refractivity contribution in [2.75, 3.05) is 13.2 Å². The van der Waals surface area contributed by atoms with Crippen LogP contribution in [0.15, 0.2) is 67.3 Å². The van der Waals surface area contributed by atoms with Gasteiger partial charge in [-0.1, -0.05) is 36.9 Å². The molecule has 28 heavy (non-hydrogen) atoms. The zero-order chi connectivity index (χ0) is 20.4. The lowest BCUT2D eigenvalue weighted by Gasteiger charge is -2.14. The quantitative estimate of drug-likeness (QED) is 0.406. The average molecular weight is 383 g/mol. The number of benzene rings is 2. The number of halogens is 1. The molecule has 5 nitrogen and oxygen atoms in total. The highest BCUT2D eigenvalue weighted by atomic mass is 19.1.